The first-order chi connectivity index (χ1) is 14.6. The molecule has 1 heterocycles. The number of thiocarbonyl (C=S) groups is 1. The van der Waals surface area contributed by atoms with Gasteiger partial charge in [0.15, 0.2) is 17.4 Å². The van der Waals surface area contributed by atoms with Crippen LogP contribution >= 0.6 is 35.4 Å². The van der Waals surface area contributed by atoms with Crippen LogP contribution in [0.15, 0.2) is 67.0 Å². The molecule has 0 spiro atoms. The molecule has 0 aliphatic carbocycles. The van der Waals surface area contributed by atoms with Crippen molar-refractivity contribution in [1.29, 1.82) is 0 Å². The molecule has 0 unspecified atom stereocenters. The van der Waals surface area contributed by atoms with Crippen LogP contribution < -0.4 is 15.0 Å². The number of benzene rings is 2. The smallest absolute Gasteiger partial charge is 0.238 e. The van der Waals surface area contributed by atoms with E-state index in [1.807, 2.05) is 55.7 Å². The summed E-state index contributed by atoms with van der Waals surface area (Å²) in [5.74, 6) is -0.252. The molecule has 6 heteroatoms. The van der Waals surface area contributed by atoms with Gasteiger partial charge in [-0.2, -0.15) is 4.57 Å². The van der Waals surface area contributed by atoms with Crippen molar-refractivity contribution in [2.24, 2.45) is 0 Å². The zero-order valence-corrected chi connectivity index (χ0v) is 20.2. The maximum absolute atomic E-state index is 13.5. The summed E-state index contributed by atoms with van der Waals surface area (Å²) in [6.07, 6.45) is 3.72. The molecular formula is C25H24Cl2N2OS. The largest absolute Gasteiger partial charge is 0.867 e. The van der Waals surface area contributed by atoms with Crippen LogP contribution in [-0.2, 0) is 5.41 Å². The molecule has 2 aromatic carbocycles. The Morgan fingerprint density at radius 3 is 2.19 bits per heavy atom. The van der Waals surface area contributed by atoms with Crippen LogP contribution in [0.1, 0.15) is 37.5 Å². The summed E-state index contributed by atoms with van der Waals surface area (Å²) in [5.41, 5.74) is 3.76. The van der Waals surface area contributed by atoms with Crippen molar-refractivity contribution in [3.63, 3.8) is 0 Å². The van der Waals surface area contributed by atoms with Gasteiger partial charge in [-0.15, -0.1) is 0 Å². The number of anilines is 1. The van der Waals surface area contributed by atoms with Crippen molar-refractivity contribution in [3.05, 3.63) is 93.7 Å². The molecule has 0 saturated carbocycles. The summed E-state index contributed by atoms with van der Waals surface area (Å²) in [4.78, 5) is 0.318. The summed E-state index contributed by atoms with van der Waals surface area (Å²) < 4.78 is 1.74. The molecule has 0 fully saturated rings. The Kier molecular flexibility index (Phi) is 7.05. The summed E-state index contributed by atoms with van der Waals surface area (Å²) >= 11 is 17.9. The summed E-state index contributed by atoms with van der Waals surface area (Å²) in [6.45, 7) is 8.41. The van der Waals surface area contributed by atoms with Gasteiger partial charge in [-0.05, 0) is 53.0 Å². The second kappa shape index (κ2) is 9.39. The fourth-order valence-electron chi connectivity index (χ4n) is 3.08. The van der Waals surface area contributed by atoms with Crippen molar-refractivity contribution >= 4 is 57.6 Å². The zero-order chi connectivity index (χ0) is 22.8. The van der Waals surface area contributed by atoms with E-state index in [1.165, 1.54) is 0 Å². The van der Waals surface area contributed by atoms with Crippen molar-refractivity contribution in [2.75, 3.05) is 5.32 Å². The van der Waals surface area contributed by atoms with Crippen molar-refractivity contribution < 1.29 is 9.67 Å². The highest BCUT2D eigenvalue weighted by Gasteiger charge is 2.22. The minimum absolute atomic E-state index is 0.00707. The highest BCUT2D eigenvalue weighted by molar-refractivity contribution is 7.81. The lowest BCUT2D eigenvalue weighted by Gasteiger charge is -2.20. The number of rotatable bonds is 4. The molecule has 0 saturated heterocycles. The lowest BCUT2D eigenvalue weighted by atomic mass is 9.88. The van der Waals surface area contributed by atoms with Gasteiger partial charge in [0.05, 0.1) is 10.0 Å². The Bertz CT molecular complexity index is 1150. The Hall–Kier alpha value is -2.40. The molecule has 0 bridgehead atoms. The molecule has 0 aliphatic rings. The minimum atomic E-state index is -0.252. The van der Waals surface area contributed by atoms with Crippen molar-refractivity contribution in [2.45, 2.75) is 33.1 Å². The normalized spacial score (nSPS) is 12.3. The third-order valence-electron chi connectivity index (χ3n) is 4.96. The van der Waals surface area contributed by atoms with Crippen LogP contribution in [0.5, 0.6) is 0 Å². The third kappa shape index (κ3) is 5.45. The molecule has 1 N–H and O–H groups in total. The van der Waals surface area contributed by atoms with Crippen LogP contribution in [0.4, 0.5) is 5.69 Å². The minimum Gasteiger partial charge on any atom is -0.867 e. The molecule has 31 heavy (non-hydrogen) atoms. The van der Waals surface area contributed by atoms with Gasteiger partial charge in [-0.1, -0.05) is 80.5 Å². The number of hydrogen-bond donors (Lipinski definition) is 1. The number of aromatic nitrogens is 1. The standard InChI is InChI=1S/C25H24Cl2N2OS/c1-16-7-5-6-8-21(16)28-24(31)22(23(30)17-9-10-19(26)20(27)15-17)29-13-11-18(12-14-29)25(2,3)4/h5-15H,1-4H3,(H-,28,30,31). The maximum Gasteiger partial charge on any atom is 0.238 e. The van der Waals surface area contributed by atoms with Gasteiger partial charge >= 0.3 is 0 Å². The van der Waals surface area contributed by atoms with Crippen LogP contribution in [0.2, 0.25) is 10.0 Å². The van der Waals surface area contributed by atoms with Gasteiger partial charge < -0.3 is 10.4 Å². The quantitative estimate of drug-likeness (QED) is 0.219. The Morgan fingerprint density at radius 1 is 0.968 bits per heavy atom. The SMILES string of the molecule is Cc1ccccc1NC(=S)C(=C([O-])c1ccc(Cl)c(Cl)c1)[n+]1ccc(C(C)(C)C)cc1. The number of nitrogens with zero attached hydrogens (tertiary/aromatic N) is 1. The Balaban J connectivity index is 2.12. The van der Waals surface area contributed by atoms with Gasteiger partial charge in [0.25, 0.3) is 0 Å². The zero-order valence-electron chi connectivity index (χ0n) is 17.9. The molecule has 3 nitrogen and oxygen atoms in total. The van der Waals surface area contributed by atoms with E-state index in [0.717, 1.165) is 16.8 Å². The van der Waals surface area contributed by atoms with E-state index in [2.05, 4.69) is 26.1 Å². The van der Waals surface area contributed by atoms with Crippen LogP contribution in [-0.4, -0.2) is 4.99 Å². The molecule has 0 aliphatic heterocycles. The molecule has 0 radical (unpaired) electrons. The van der Waals surface area contributed by atoms with E-state index in [4.69, 9.17) is 35.4 Å². The lowest BCUT2D eigenvalue weighted by molar-refractivity contribution is -0.577. The molecule has 0 atom stereocenters. The first-order valence-electron chi connectivity index (χ1n) is 9.84. The van der Waals surface area contributed by atoms with Gasteiger partial charge in [-0.3, -0.25) is 0 Å². The fourth-order valence-corrected chi connectivity index (χ4v) is 3.69. The van der Waals surface area contributed by atoms with Crippen LogP contribution in [0.25, 0.3) is 11.5 Å². The molecule has 3 rings (SSSR count). The predicted molar refractivity (Wildman–Crippen MR) is 132 cm³/mol. The van der Waals surface area contributed by atoms with E-state index < -0.39 is 0 Å². The highest BCUT2D eigenvalue weighted by atomic mass is 35.5. The van der Waals surface area contributed by atoms with E-state index in [9.17, 15) is 5.11 Å². The molecule has 1 aromatic heterocycles. The van der Waals surface area contributed by atoms with Crippen LogP contribution in [0.3, 0.4) is 0 Å². The van der Waals surface area contributed by atoms with E-state index >= 15 is 0 Å². The van der Waals surface area contributed by atoms with Gasteiger partial charge in [0, 0.05) is 17.8 Å². The summed E-state index contributed by atoms with van der Waals surface area (Å²) in [7, 11) is 0. The average Bonchev–Trinajstić information content (AvgIpc) is 2.71. The summed E-state index contributed by atoms with van der Waals surface area (Å²) in [6, 6.07) is 16.6. The van der Waals surface area contributed by atoms with Gasteiger partial charge in [0.2, 0.25) is 5.70 Å². The monoisotopic (exact) mass is 470 g/mol. The number of para-hydroxylation sites is 1. The maximum atomic E-state index is 13.5. The van der Waals surface area contributed by atoms with Crippen molar-refractivity contribution in [3.8, 4) is 0 Å². The first kappa shape index (κ1) is 23.3. The number of aryl methyl sites for hydroxylation is 1. The molecule has 3 aromatic rings. The predicted octanol–water partition coefficient (Wildman–Crippen LogP) is 6.01. The van der Waals surface area contributed by atoms with E-state index in [1.54, 1.807) is 22.8 Å². The Labute approximate surface area is 199 Å². The molecule has 160 valence electrons. The Morgan fingerprint density at radius 2 is 1.61 bits per heavy atom. The number of halogens is 2. The van der Waals surface area contributed by atoms with Gasteiger partial charge in [-0.25, -0.2) is 0 Å². The molecular weight excluding hydrogens is 447 g/mol. The average molecular weight is 471 g/mol. The second-order valence-electron chi connectivity index (χ2n) is 8.32. The van der Waals surface area contributed by atoms with Gasteiger partial charge in [0.1, 0.15) is 0 Å². The second-order valence-corrected chi connectivity index (χ2v) is 9.54. The number of hydrogen-bond acceptors (Lipinski definition) is 2. The number of nitrogens with one attached hydrogen (secondary N) is 1. The molecule has 0 amide bonds. The topological polar surface area (TPSA) is 39.0 Å². The lowest BCUT2D eigenvalue weighted by Crippen LogP contribution is -2.40. The van der Waals surface area contributed by atoms with Crippen molar-refractivity contribution in [1.82, 2.24) is 0 Å². The highest BCUT2D eigenvalue weighted by Crippen LogP contribution is 2.27. The summed E-state index contributed by atoms with van der Waals surface area (Å²) in [5, 5.41) is 17.5. The fraction of sp³-hybridized carbons (Fsp3) is 0.200. The van der Waals surface area contributed by atoms with E-state index in [-0.39, 0.29) is 11.2 Å². The number of pyridine rings is 1. The first-order valence-corrected chi connectivity index (χ1v) is 11.0. The third-order valence-corrected chi connectivity index (χ3v) is 5.99. The van der Waals surface area contributed by atoms with Crippen LogP contribution in [0, 0.1) is 6.92 Å². The van der Waals surface area contributed by atoms with E-state index in [0.29, 0.717) is 26.3 Å².